The summed E-state index contributed by atoms with van der Waals surface area (Å²) >= 11 is 0. The Balaban J connectivity index is 2.05. The molecular formula is C13H17NO2. The highest BCUT2D eigenvalue weighted by atomic mass is 16.5. The van der Waals surface area contributed by atoms with Crippen LogP contribution in [0.4, 0.5) is 0 Å². The summed E-state index contributed by atoms with van der Waals surface area (Å²) in [7, 11) is 0. The van der Waals surface area contributed by atoms with Gasteiger partial charge >= 0.3 is 0 Å². The van der Waals surface area contributed by atoms with Gasteiger partial charge in [0.2, 0.25) is 0 Å². The van der Waals surface area contributed by atoms with Gasteiger partial charge in [-0.3, -0.25) is 4.79 Å². The second-order valence-corrected chi connectivity index (χ2v) is 4.45. The molecule has 1 aromatic carbocycles. The maximum Gasteiger partial charge on any atom is 0.164 e. The molecule has 2 rings (SSSR count). The molecule has 0 aromatic heterocycles. The molecule has 1 atom stereocenters. The number of nitrogens with two attached hydrogens (primary N) is 1. The number of Topliss-reactive ketones (excluding diaryl/α,β-unsaturated/α-hetero) is 1. The SMILES string of the molecule is CC(N)CC(=O)c1cccc(OC2CC2)c1. The average molecular weight is 219 g/mol. The van der Waals surface area contributed by atoms with E-state index in [1.165, 1.54) is 0 Å². The third-order valence-electron chi connectivity index (χ3n) is 2.49. The van der Waals surface area contributed by atoms with Crippen molar-refractivity contribution in [2.45, 2.75) is 38.3 Å². The molecule has 1 saturated carbocycles. The highest BCUT2D eigenvalue weighted by molar-refractivity contribution is 5.96. The van der Waals surface area contributed by atoms with Gasteiger partial charge in [-0.25, -0.2) is 0 Å². The predicted molar refractivity (Wildman–Crippen MR) is 62.7 cm³/mol. The maximum absolute atomic E-state index is 11.8. The van der Waals surface area contributed by atoms with Gasteiger partial charge < -0.3 is 10.5 Å². The number of ether oxygens (including phenoxy) is 1. The Labute approximate surface area is 95.6 Å². The fourth-order valence-corrected chi connectivity index (χ4v) is 1.53. The van der Waals surface area contributed by atoms with Crippen LogP contribution in [-0.2, 0) is 0 Å². The molecule has 3 nitrogen and oxygen atoms in total. The standard InChI is InChI=1S/C13H17NO2/c1-9(14)7-13(15)10-3-2-4-12(8-10)16-11-5-6-11/h2-4,8-9,11H,5-7,14H2,1H3. The lowest BCUT2D eigenvalue weighted by Crippen LogP contribution is -2.19. The van der Waals surface area contributed by atoms with E-state index in [9.17, 15) is 4.79 Å². The molecule has 86 valence electrons. The number of rotatable bonds is 5. The highest BCUT2D eigenvalue weighted by Gasteiger charge is 2.23. The first-order chi connectivity index (χ1) is 7.65. The van der Waals surface area contributed by atoms with E-state index >= 15 is 0 Å². The zero-order valence-electron chi connectivity index (χ0n) is 9.48. The van der Waals surface area contributed by atoms with Crippen molar-refractivity contribution in [2.75, 3.05) is 0 Å². The van der Waals surface area contributed by atoms with Crippen LogP contribution in [0.1, 0.15) is 36.5 Å². The Morgan fingerprint density at radius 2 is 2.31 bits per heavy atom. The van der Waals surface area contributed by atoms with Gasteiger partial charge in [-0.2, -0.15) is 0 Å². The Hall–Kier alpha value is -1.35. The Bertz CT molecular complexity index is 383. The second-order valence-electron chi connectivity index (χ2n) is 4.45. The lowest BCUT2D eigenvalue weighted by molar-refractivity contribution is 0.0976. The van der Waals surface area contributed by atoms with E-state index in [4.69, 9.17) is 10.5 Å². The quantitative estimate of drug-likeness (QED) is 0.772. The molecule has 1 unspecified atom stereocenters. The summed E-state index contributed by atoms with van der Waals surface area (Å²) < 4.78 is 5.64. The molecule has 0 spiro atoms. The third-order valence-corrected chi connectivity index (χ3v) is 2.49. The average Bonchev–Trinajstić information content (AvgIpc) is 3.01. The molecule has 0 radical (unpaired) electrons. The normalized spacial score (nSPS) is 16.9. The zero-order chi connectivity index (χ0) is 11.5. The number of hydrogen-bond acceptors (Lipinski definition) is 3. The molecule has 0 aliphatic heterocycles. The van der Waals surface area contributed by atoms with E-state index in [1.807, 2.05) is 31.2 Å². The van der Waals surface area contributed by atoms with E-state index in [0.29, 0.717) is 18.1 Å². The van der Waals surface area contributed by atoms with Gasteiger partial charge in [-0.15, -0.1) is 0 Å². The Morgan fingerprint density at radius 1 is 1.56 bits per heavy atom. The van der Waals surface area contributed by atoms with Crippen molar-refractivity contribution < 1.29 is 9.53 Å². The smallest absolute Gasteiger partial charge is 0.164 e. The molecule has 1 aliphatic rings. The summed E-state index contributed by atoms with van der Waals surface area (Å²) in [6, 6.07) is 7.26. The van der Waals surface area contributed by atoms with E-state index in [2.05, 4.69) is 0 Å². The Kier molecular flexibility index (Phi) is 3.25. The highest BCUT2D eigenvalue weighted by Crippen LogP contribution is 2.27. The molecule has 1 aliphatic carbocycles. The summed E-state index contributed by atoms with van der Waals surface area (Å²) in [4.78, 5) is 11.8. The fraction of sp³-hybridized carbons (Fsp3) is 0.462. The zero-order valence-corrected chi connectivity index (χ0v) is 9.48. The first-order valence-electron chi connectivity index (χ1n) is 5.70. The largest absolute Gasteiger partial charge is 0.490 e. The lowest BCUT2D eigenvalue weighted by atomic mass is 10.0. The minimum absolute atomic E-state index is 0.0799. The van der Waals surface area contributed by atoms with Crippen LogP contribution in [0.2, 0.25) is 0 Å². The molecule has 0 amide bonds. The van der Waals surface area contributed by atoms with Gasteiger partial charge in [0.25, 0.3) is 0 Å². The van der Waals surface area contributed by atoms with Crippen molar-refractivity contribution in [3.63, 3.8) is 0 Å². The molecule has 1 aromatic rings. The van der Waals surface area contributed by atoms with Gasteiger partial charge in [0.1, 0.15) is 5.75 Å². The number of benzene rings is 1. The van der Waals surface area contributed by atoms with Crippen molar-refractivity contribution in [3.8, 4) is 5.75 Å². The second kappa shape index (κ2) is 4.66. The topological polar surface area (TPSA) is 52.3 Å². The van der Waals surface area contributed by atoms with Gasteiger partial charge in [0, 0.05) is 18.0 Å². The van der Waals surface area contributed by atoms with E-state index in [-0.39, 0.29) is 11.8 Å². The van der Waals surface area contributed by atoms with E-state index in [1.54, 1.807) is 0 Å². The number of carbonyl (C=O) groups excluding carboxylic acids is 1. The summed E-state index contributed by atoms with van der Waals surface area (Å²) in [5, 5.41) is 0. The van der Waals surface area contributed by atoms with Crippen molar-refractivity contribution >= 4 is 5.78 Å². The molecule has 16 heavy (non-hydrogen) atoms. The minimum Gasteiger partial charge on any atom is -0.490 e. The summed E-state index contributed by atoms with van der Waals surface area (Å²) in [6.07, 6.45) is 2.99. The van der Waals surface area contributed by atoms with Gasteiger partial charge in [0.15, 0.2) is 5.78 Å². The third kappa shape index (κ3) is 3.07. The fourth-order valence-electron chi connectivity index (χ4n) is 1.53. The molecule has 0 bridgehead atoms. The number of hydrogen-bond donors (Lipinski definition) is 1. The van der Waals surface area contributed by atoms with Crippen LogP contribution in [0.15, 0.2) is 24.3 Å². The van der Waals surface area contributed by atoms with Crippen molar-refractivity contribution in [1.29, 1.82) is 0 Å². The molecule has 0 heterocycles. The molecule has 3 heteroatoms. The number of ketones is 1. The maximum atomic E-state index is 11.8. The monoisotopic (exact) mass is 219 g/mol. The molecule has 1 fully saturated rings. The Morgan fingerprint density at radius 3 is 2.94 bits per heavy atom. The summed E-state index contributed by atoms with van der Waals surface area (Å²) in [5.41, 5.74) is 6.30. The van der Waals surface area contributed by atoms with Crippen LogP contribution in [0, 0.1) is 0 Å². The first kappa shape index (κ1) is 11.1. The summed E-state index contributed by atoms with van der Waals surface area (Å²) in [6.45, 7) is 1.84. The van der Waals surface area contributed by atoms with E-state index < -0.39 is 0 Å². The molecule has 0 saturated heterocycles. The van der Waals surface area contributed by atoms with Crippen LogP contribution < -0.4 is 10.5 Å². The summed E-state index contributed by atoms with van der Waals surface area (Å²) in [5.74, 6) is 0.870. The lowest BCUT2D eigenvalue weighted by Gasteiger charge is -2.07. The molecule has 2 N–H and O–H groups in total. The van der Waals surface area contributed by atoms with Crippen LogP contribution in [0.3, 0.4) is 0 Å². The van der Waals surface area contributed by atoms with Crippen LogP contribution in [-0.4, -0.2) is 17.9 Å². The van der Waals surface area contributed by atoms with Crippen molar-refractivity contribution in [2.24, 2.45) is 5.73 Å². The van der Waals surface area contributed by atoms with Crippen LogP contribution >= 0.6 is 0 Å². The predicted octanol–water partition coefficient (Wildman–Crippen LogP) is 2.15. The van der Waals surface area contributed by atoms with Crippen LogP contribution in [0.5, 0.6) is 5.75 Å². The minimum atomic E-state index is -0.0968. The van der Waals surface area contributed by atoms with Crippen LogP contribution in [0.25, 0.3) is 0 Å². The van der Waals surface area contributed by atoms with Crippen molar-refractivity contribution in [3.05, 3.63) is 29.8 Å². The van der Waals surface area contributed by atoms with Gasteiger partial charge in [-0.1, -0.05) is 12.1 Å². The van der Waals surface area contributed by atoms with E-state index in [0.717, 1.165) is 18.6 Å². The van der Waals surface area contributed by atoms with Gasteiger partial charge in [-0.05, 0) is 31.9 Å². The number of carbonyl (C=O) groups is 1. The van der Waals surface area contributed by atoms with Gasteiger partial charge in [0.05, 0.1) is 6.10 Å². The van der Waals surface area contributed by atoms with Crippen molar-refractivity contribution in [1.82, 2.24) is 0 Å². The first-order valence-corrected chi connectivity index (χ1v) is 5.70. The molecular weight excluding hydrogens is 202 g/mol.